The van der Waals surface area contributed by atoms with Crippen molar-refractivity contribution < 1.29 is 13.6 Å². The van der Waals surface area contributed by atoms with Gasteiger partial charge in [-0.1, -0.05) is 17.7 Å². The van der Waals surface area contributed by atoms with Crippen LogP contribution in [0.4, 0.5) is 4.39 Å². The summed E-state index contributed by atoms with van der Waals surface area (Å²) in [6, 6.07) is 6.05. The molecule has 0 atom stereocenters. The zero-order valence-corrected chi connectivity index (χ0v) is 15.2. The van der Waals surface area contributed by atoms with Gasteiger partial charge in [0.15, 0.2) is 0 Å². The number of piperidine rings is 1. The van der Waals surface area contributed by atoms with E-state index in [4.69, 9.17) is 16.0 Å². The molecule has 3 rings (SSSR count). The lowest BCUT2D eigenvalue weighted by atomic mass is 9.94. The molecular formula is C19H20ClFN2O3. The van der Waals surface area contributed by atoms with E-state index in [9.17, 15) is 14.0 Å². The van der Waals surface area contributed by atoms with Crippen LogP contribution in [0.5, 0.6) is 0 Å². The maximum Gasteiger partial charge on any atom is 0.349 e. The molecule has 7 heteroatoms. The Bertz CT molecular complexity index is 855. The van der Waals surface area contributed by atoms with E-state index >= 15 is 0 Å². The Morgan fingerprint density at radius 2 is 2.12 bits per heavy atom. The number of carbonyl (C=O) groups excluding carboxylic acids is 1. The van der Waals surface area contributed by atoms with Crippen molar-refractivity contribution in [2.45, 2.75) is 32.2 Å². The number of hydrogen-bond donors (Lipinski definition) is 2. The molecule has 5 nitrogen and oxygen atoms in total. The summed E-state index contributed by atoms with van der Waals surface area (Å²) in [6.45, 7) is 3.34. The Kier molecular flexibility index (Phi) is 5.74. The Balaban J connectivity index is 1.78. The van der Waals surface area contributed by atoms with E-state index in [0.29, 0.717) is 11.3 Å². The molecule has 0 spiro atoms. The van der Waals surface area contributed by atoms with Crippen molar-refractivity contribution in [1.82, 2.24) is 10.6 Å². The largest absolute Gasteiger partial charge is 0.427 e. The number of aryl methyl sites for hydroxylation is 1. The molecule has 0 radical (unpaired) electrons. The third-order valence-electron chi connectivity index (χ3n) is 4.62. The molecule has 0 bridgehead atoms. The van der Waals surface area contributed by atoms with Gasteiger partial charge in [-0.2, -0.15) is 0 Å². The predicted octanol–water partition coefficient (Wildman–Crippen LogP) is 3.14. The standard InChI is InChI=1S/C19H20ClFN2O3/c1-11-9-16(12-5-7-22-8-6-12)26-19(25)17(11)18(24)23-10-13-14(20)3-2-4-15(13)21/h2-4,9,12,22H,5-8,10H2,1H3,(H,23,24). The van der Waals surface area contributed by atoms with Gasteiger partial charge >= 0.3 is 5.63 Å². The average Bonchev–Trinajstić information content (AvgIpc) is 2.61. The number of carbonyl (C=O) groups is 1. The van der Waals surface area contributed by atoms with Crippen LogP contribution in [0, 0.1) is 12.7 Å². The van der Waals surface area contributed by atoms with Gasteiger partial charge in [0.1, 0.15) is 17.1 Å². The average molecular weight is 379 g/mol. The van der Waals surface area contributed by atoms with Gasteiger partial charge in [0.05, 0.1) is 0 Å². The Morgan fingerprint density at radius 1 is 1.38 bits per heavy atom. The number of benzene rings is 1. The molecule has 1 aliphatic rings. The second kappa shape index (κ2) is 8.01. The van der Waals surface area contributed by atoms with Crippen molar-refractivity contribution in [2.75, 3.05) is 13.1 Å². The maximum atomic E-state index is 13.8. The number of halogens is 2. The van der Waals surface area contributed by atoms with E-state index in [-0.39, 0.29) is 28.6 Å². The minimum Gasteiger partial charge on any atom is -0.427 e. The molecule has 1 aromatic carbocycles. The highest BCUT2D eigenvalue weighted by Crippen LogP contribution is 2.25. The first-order chi connectivity index (χ1) is 12.5. The molecule has 1 fully saturated rings. The Hall–Kier alpha value is -2.18. The lowest BCUT2D eigenvalue weighted by molar-refractivity contribution is 0.0945. The van der Waals surface area contributed by atoms with Crippen molar-refractivity contribution in [3.63, 3.8) is 0 Å². The van der Waals surface area contributed by atoms with E-state index < -0.39 is 17.3 Å². The van der Waals surface area contributed by atoms with E-state index in [0.717, 1.165) is 25.9 Å². The zero-order valence-electron chi connectivity index (χ0n) is 14.4. The van der Waals surface area contributed by atoms with Crippen molar-refractivity contribution in [1.29, 1.82) is 0 Å². The fourth-order valence-electron chi connectivity index (χ4n) is 3.17. The molecule has 1 aliphatic heterocycles. The highest BCUT2D eigenvalue weighted by Gasteiger charge is 2.22. The van der Waals surface area contributed by atoms with Crippen molar-refractivity contribution in [2.24, 2.45) is 0 Å². The molecule has 2 N–H and O–H groups in total. The van der Waals surface area contributed by atoms with Crippen LogP contribution < -0.4 is 16.3 Å². The lowest BCUT2D eigenvalue weighted by Gasteiger charge is -2.22. The fraction of sp³-hybridized carbons (Fsp3) is 0.368. The molecule has 0 aliphatic carbocycles. The van der Waals surface area contributed by atoms with E-state index in [1.165, 1.54) is 12.1 Å². The first-order valence-electron chi connectivity index (χ1n) is 8.54. The van der Waals surface area contributed by atoms with Crippen LogP contribution in [0.3, 0.4) is 0 Å². The summed E-state index contributed by atoms with van der Waals surface area (Å²) in [5.41, 5.74) is -0.00592. The normalized spacial score (nSPS) is 15.0. The monoisotopic (exact) mass is 378 g/mol. The molecule has 2 aromatic rings. The third-order valence-corrected chi connectivity index (χ3v) is 4.98. The molecule has 0 saturated carbocycles. The minimum absolute atomic E-state index is 0.0600. The van der Waals surface area contributed by atoms with Gasteiger partial charge < -0.3 is 15.1 Å². The van der Waals surface area contributed by atoms with Crippen LogP contribution in [0.15, 0.2) is 33.5 Å². The van der Waals surface area contributed by atoms with Gasteiger partial charge in [0, 0.05) is 23.0 Å². The summed E-state index contributed by atoms with van der Waals surface area (Å²) in [5, 5.41) is 6.02. The summed E-state index contributed by atoms with van der Waals surface area (Å²) in [6.07, 6.45) is 1.78. The molecule has 1 saturated heterocycles. The van der Waals surface area contributed by atoms with Crippen LogP contribution in [0.25, 0.3) is 0 Å². The summed E-state index contributed by atoms with van der Waals surface area (Å²) < 4.78 is 19.2. The second-order valence-corrected chi connectivity index (χ2v) is 6.81. The Morgan fingerprint density at radius 3 is 2.77 bits per heavy atom. The van der Waals surface area contributed by atoms with Gasteiger partial charge in [0.2, 0.25) is 0 Å². The molecule has 2 heterocycles. The predicted molar refractivity (Wildman–Crippen MR) is 97.1 cm³/mol. The summed E-state index contributed by atoms with van der Waals surface area (Å²) in [5.74, 6) is -0.324. The summed E-state index contributed by atoms with van der Waals surface area (Å²) in [4.78, 5) is 24.8. The minimum atomic E-state index is -0.671. The van der Waals surface area contributed by atoms with E-state index in [1.54, 1.807) is 19.1 Å². The number of rotatable bonds is 4. The van der Waals surface area contributed by atoms with Crippen LogP contribution in [0.2, 0.25) is 5.02 Å². The zero-order chi connectivity index (χ0) is 18.7. The van der Waals surface area contributed by atoms with Crippen molar-refractivity contribution >= 4 is 17.5 Å². The van der Waals surface area contributed by atoms with Crippen LogP contribution in [-0.2, 0) is 6.54 Å². The van der Waals surface area contributed by atoms with Crippen molar-refractivity contribution in [3.05, 3.63) is 68.0 Å². The van der Waals surface area contributed by atoms with Gasteiger partial charge in [-0.15, -0.1) is 0 Å². The number of nitrogens with one attached hydrogen (secondary N) is 2. The molecular weight excluding hydrogens is 359 g/mol. The third kappa shape index (κ3) is 3.97. The van der Waals surface area contributed by atoms with Gasteiger partial charge in [-0.3, -0.25) is 4.79 Å². The Labute approximate surface area is 155 Å². The first kappa shape index (κ1) is 18.6. The molecule has 26 heavy (non-hydrogen) atoms. The molecule has 138 valence electrons. The highest BCUT2D eigenvalue weighted by atomic mass is 35.5. The van der Waals surface area contributed by atoms with Gasteiger partial charge in [0.25, 0.3) is 5.91 Å². The van der Waals surface area contributed by atoms with E-state index in [2.05, 4.69) is 10.6 Å². The van der Waals surface area contributed by atoms with Crippen LogP contribution in [-0.4, -0.2) is 19.0 Å². The number of hydrogen-bond acceptors (Lipinski definition) is 4. The smallest absolute Gasteiger partial charge is 0.349 e. The first-order valence-corrected chi connectivity index (χ1v) is 8.91. The second-order valence-electron chi connectivity index (χ2n) is 6.40. The SMILES string of the molecule is Cc1cc(C2CCNCC2)oc(=O)c1C(=O)NCc1c(F)cccc1Cl. The van der Waals surface area contributed by atoms with Gasteiger partial charge in [-0.05, 0) is 56.6 Å². The van der Waals surface area contributed by atoms with Crippen LogP contribution in [0.1, 0.15) is 46.0 Å². The van der Waals surface area contributed by atoms with E-state index in [1.807, 2.05) is 0 Å². The van der Waals surface area contributed by atoms with Crippen LogP contribution >= 0.6 is 11.6 Å². The summed E-state index contributed by atoms with van der Waals surface area (Å²) >= 11 is 5.95. The molecule has 0 unspecified atom stereocenters. The number of amides is 1. The maximum absolute atomic E-state index is 13.8. The van der Waals surface area contributed by atoms with Gasteiger partial charge in [-0.25, -0.2) is 9.18 Å². The highest BCUT2D eigenvalue weighted by molar-refractivity contribution is 6.31. The quantitative estimate of drug-likeness (QED) is 0.857. The molecule has 1 amide bonds. The topological polar surface area (TPSA) is 71.3 Å². The summed E-state index contributed by atoms with van der Waals surface area (Å²) in [7, 11) is 0. The fourth-order valence-corrected chi connectivity index (χ4v) is 3.40. The molecule has 1 aromatic heterocycles. The van der Waals surface area contributed by atoms with Crippen molar-refractivity contribution in [3.8, 4) is 0 Å². The lowest BCUT2D eigenvalue weighted by Crippen LogP contribution is -2.31.